The molecule has 1 aliphatic heterocycles. The van der Waals surface area contributed by atoms with E-state index < -0.39 is 0 Å². The number of nitrogens with zero attached hydrogens (tertiary/aromatic N) is 5. The Bertz CT molecular complexity index is 1370. The van der Waals surface area contributed by atoms with Gasteiger partial charge in [0.05, 0.1) is 5.69 Å². The topological polar surface area (TPSA) is 54.3 Å². The molecular weight excluding hydrogens is 465 g/mol. The van der Waals surface area contributed by atoms with Crippen LogP contribution in [0.2, 0.25) is 5.02 Å². The van der Waals surface area contributed by atoms with Gasteiger partial charge >= 0.3 is 0 Å². The fourth-order valence-electron chi connectivity index (χ4n) is 4.74. The van der Waals surface area contributed by atoms with Gasteiger partial charge in [-0.25, -0.2) is 14.1 Å². The number of fused-ring (bicyclic) bond motifs is 1. The number of hydrogen-bond donors (Lipinski definition) is 0. The Kier molecular flexibility index (Phi) is 6.54. The van der Waals surface area contributed by atoms with E-state index >= 15 is 0 Å². The van der Waals surface area contributed by atoms with Gasteiger partial charge in [-0.1, -0.05) is 47.5 Å². The zero-order valence-electron chi connectivity index (χ0n) is 19.8. The Morgan fingerprint density at radius 2 is 1.83 bits per heavy atom. The summed E-state index contributed by atoms with van der Waals surface area (Å²) in [6.07, 6.45) is 1.77. The molecule has 2 aromatic heterocycles. The molecule has 1 aliphatic rings. The molecule has 0 saturated carbocycles. The van der Waals surface area contributed by atoms with Gasteiger partial charge in [0.25, 0.3) is 0 Å². The van der Waals surface area contributed by atoms with Gasteiger partial charge in [-0.2, -0.15) is 5.10 Å². The van der Waals surface area contributed by atoms with E-state index in [1.165, 1.54) is 11.6 Å². The van der Waals surface area contributed by atoms with Crippen LogP contribution in [0.3, 0.4) is 0 Å². The van der Waals surface area contributed by atoms with Crippen molar-refractivity contribution in [3.63, 3.8) is 0 Å². The highest BCUT2D eigenvalue weighted by atomic mass is 35.5. The monoisotopic (exact) mass is 491 g/mol. The lowest BCUT2D eigenvalue weighted by molar-refractivity contribution is -0.133. The highest BCUT2D eigenvalue weighted by molar-refractivity contribution is 6.31. The first kappa shape index (κ1) is 23.5. The van der Waals surface area contributed by atoms with Crippen molar-refractivity contribution >= 4 is 28.5 Å². The summed E-state index contributed by atoms with van der Waals surface area (Å²) in [5.41, 5.74) is 5.42. The first-order valence-corrected chi connectivity index (χ1v) is 12.1. The van der Waals surface area contributed by atoms with Crippen molar-refractivity contribution in [3.05, 3.63) is 82.4 Å². The van der Waals surface area contributed by atoms with Crippen LogP contribution in [0.15, 0.2) is 54.7 Å². The number of piperazine rings is 1. The molecule has 0 unspecified atom stereocenters. The molecule has 0 aliphatic carbocycles. The summed E-state index contributed by atoms with van der Waals surface area (Å²) in [6, 6.07) is 15.1. The Morgan fingerprint density at radius 3 is 2.57 bits per heavy atom. The fraction of sp³-hybridized carbons (Fsp3) is 0.296. The van der Waals surface area contributed by atoms with Crippen molar-refractivity contribution in [1.82, 2.24) is 24.6 Å². The molecule has 3 heterocycles. The minimum absolute atomic E-state index is 0.000678. The molecular formula is C27H27ClFN5O. The molecule has 0 N–H and O–H groups in total. The maximum absolute atomic E-state index is 14.1. The van der Waals surface area contributed by atoms with Gasteiger partial charge in [0.2, 0.25) is 5.91 Å². The summed E-state index contributed by atoms with van der Waals surface area (Å²) >= 11 is 6.18. The first-order valence-electron chi connectivity index (χ1n) is 11.7. The van der Waals surface area contributed by atoms with Gasteiger partial charge in [0, 0.05) is 54.9 Å². The average Bonchev–Trinajstić information content (AvgIpc) is 3.17. The van der Waals surface area contributed by atoms with Crippen molar-refractivity contribution in [3.8, 4) is 11.1 Å². The van der Waals surface area contributed by atoms with Crippen LogP contribution in [0.5, 0.6) is 0 Å². The lowest BCUT2D eigenvalue weighted by Crippen LogP contribution is -2.49. The van der Waals surface area contributed by atoms with Crippen LogP contribution in [0, 0.1) is 19.7 Å². The predicted octanol–water partition coefficient (Wildman–Crippen LogP) is 4.85. The molecule has 1 saturated heterocycles. The molecule has 0 atom stereocenters. The lowest BCUT2D eigenvalue weighted by atomic mass is 10.0. The molecule has 0 bridgehead atoms. The van der Waals surface area contributed by atoms with Gasteiger partial charge in [-0.15, -0.1) is 0 Å². The Labute approximate surface area is 208 Å². The Morgan fingerprint density at radius 1 is 1.06 bits per heavy atom. The van der Waals surface area contributed by atoms with E-state index in [0.29, 0.717) is 49.0 Å². The maximum Gasteiger partial charge on any atom is 0.244 e. The van der Waals surface area contributed by atoms with Crippen LogP contribution in [0.4, 0.5) is 4.39 Å². The fourth-order valence-corrected chi connectivity index (χ4v) is 4.96. The van der Waals surface area contributed by atoms with E-state index in [0.717, 1.165) is 22.2 Å². The minimum Gasteiger partial charge on any atom is -0.339 e. The highest BCUT2D eigenvalue weighted by Crippen LogP contribution is 2.30. The van der Waals surface area contributed by atoms with Crippen LogP contribution in [0.25, 0.3) is 22.2 Å². The largest absolute Gasteiger partial charge is 0.339 e. The van der Waals surface area contributed by atoms with Gasteiger partial charge < -0.3 is 4.90 Å². The maximum atomic E-state index is 14.1. The molecule has 0 spiro atoms. The number of aryl methyl sites for hydroxylation is 2. The SMILES string of the molecule is Cc1cccc(-c2ccnc3c2c(C)nn3CC(=O)N2CCN(Cc3c(F)cccc3Cl)CC2)c1. The molecule has 180 valence electrons. The van der Waals surface area contributed by atoms with Crippen molar-refractivity contribution in [2.45, 2.75) is 26.9 Å². The number of halogens is 2. The first-order chi connectivity index (χ1) is 16.9. The van der Waals surface area contributed by atoms with E-state index in [2.05, 4.69) is 40.1 Å². The predicted molar refractivity (Wildman–Crippen MR) is 136 cm³/mol. The highest BCUT2D eigenvalue weighted by Gasteiger charge is 2.24. The Balaban J connectivity index is 1.29. The quantitative estimate of drug-likeness (QED) is 0.400. The molecule has 8 heteroatoms. The smallest absolute Gasteiger partial charge is 0.244 e. The summed E-state index contributed by atoms with van der Waals surface area (Å²) in [5, 5.41) is 6.07. The number of pyridine rings is 1. The number of hydrogen-bond acceptors (Lipinski definition) is 4. The lowest BCUT2D eigenvalue weighted by Gasteiger charge is -2.35. The van der Waals surface area contributed by atoms with Crippen LogP contribution >= 0.6 is 11.6 Å². The van der Waals surface area contributed by atoms with Crippen molar-refractivity contribution in [2.75, 3.05) is 26.2 Å². The standard InChI is InChI=1S/C27H27ClFN5O/c1-18-5-3-6-20(15-18)21-9-10-30-27-26(21)19(2)31-34(27)17-25(35)33-13-11-32(12-14-33)16-22-23(28)7-4-8-24(22)29/h3-10,15H,11-14,16-17H2,1-2H3. The van der Waals surface area contributed by atoms with E-state index in [9.17, 15) is 9.18 Å². The number of rotatable bonds is 5. The second-order valence-corrected chi connectivity index (χ2v) is 9.43. The number of carbonyl (C=O) groups is 1. The van der Waals surface area contributed by atoms with E-state index in [-0.39, 0.29) is 18.3 Å². The van der Waals surface area contributed by atoms with Crippen molar-refractivity contribution in [2.24, 2.45) is 0 Å². The zero-order chi connectivity index (χ0) is 24.5. The van der Waals surface area contributed by atoms with E-state index in [1.54, 1.807) is 23.0 Å². The van der Waals surface area contributed by atoms with Crippen LogP contribution in [-0.2, 0) is 17.9 Å². The Hall–Kier alpha value is -3.29. The van der Waals surface area contributed by atoms with Gasteiger partial charge in [0.1, 0.15) is 12.4 Å². The number of benzene rings is 2. The van der Waals surface area contributed by atoms with E-state index in [1.807, 2.05) is 24.0 Å². The second kappa shape index (κ2) is 9.76. The third-order valence-electron chi connectivity index (χ3n) is 6.59. The third-order valence-corrected chi connectivity index (χ3v) is 6.94. The van der Waals surface area contributed by atoms with Crippen LogP contribution < -0.4 is 0 Å². The normalized spacial score (nSPS) is 14.6. The second-order valence-electron chi connectivity index (χ2n) is 9.03. The molecule has 5 rings (SSSR count). The van der Waals surface area contributed by atoms with Gasteiger partial charge in [0.15, 0.2) is 5.65 Å². The summed E-state index contributed by atoms with van der Waals surface area (Å²) in [4.78, 5) is 21.7. The molecule has 1 fully saturated rings. The summed E-state index contributed by atoms with van der Waals surface area (Å²) in [7, 11) is 0. The summed E-state index contributed by atoms with van der Waals surface area (Å²) < 4.78 is 15.9. The molecule has 0 radical (unpaired) electrons. The molecule has 2 aromatic carbocycles. The molecule has 6 nitrogen and oxygen atoms in total. The van der Waals surface area contributed by atoms with Crippen molar-refractivity contribution < 1.29 is 9.18 Å². The summed E-state index contributed by atoms with van der Waals surface area (Å²) in [6.45, 7) is 7.06. The van der Waals surface area contributed by atoms with Crippen molar-refractivity contribution in [1.29, 1.82) is 0 Å². The minimum atomic E-state index is -0.297. The van der Waals surface area contributed by atoms with Crippen LogP contribution in [-0.4, -0.2) is 56.7 Å². The number of carbonyl (C=O) groups excluding carboxylic acids is 1. The average molecular weight is 492 g/mol. The van der Waals surface area contributed by atoms with E-state index in [4.69, 9.17) is 11.6 Å². The third kappa shape index (κ3) is 4.79. The molecule has 1 amide bonds. The number of amides is 1. The summed E-state index contributed by atoms with van der Waals surface area (Å²) in [5.74, 6) is -0.296. The zero-order valence-corrected chi connectivity index (χ0v) is 20.6. The molecule has 35 heavy (non-hydrogen) atoms. The number of aromatic nitrogens is 3. The molecule has 4 aromatic rings. The van der Waals surface area contributed by atoms with Gasteiger partial charge in [-0.05, 0) is 43.2 Å². The van der Waals surface area contributed by atoms with Crippen LogP contribution in [0.1, 0.15) is 16.8 Å². The van der Waals surface area contributed by atoms with Gasteiger partial charge in [-0.3, -0.25) is 9.69 Å².